The maximum Gasteiger partial charge on any atom is 0.282 e. The van der Waals surface area contributed by atoms with Gasteiger partial charge in [0.25, 0.3) is 10.2 Å². The number of rotatable bonds is 2. The molecule has 1 heterocycles. The largest absolute Gasteiger partial charge is 0.282 e. The minimum absolute atomic E-state index is 0.0503. The highest BCUT2D eigenvalue weighted by molar-refractivity contribution is 7.86. The third-order valence-electron chi connectivity index (χ3n) is 2.75. The first-order valence-corrected chi connectivity index (χ1v) is 7.05. The van der Waals surface area contributed by atoms with Gasteiger partial charge in [-0.3, -0.25) is 0 Å². The van der Waals surface area contributed by atoms with Crippen molar-refractivity contribution < 1.29 is 8.42 Å². The van der Waals surface area contributed by atoms with Gasteiger partial charge in [0.15, 0.2) is 0 Å². The fraction of sp³-hybridized carbons (Fsp3) is 1.00. The van der Waals surface area contributed by atoms with Crippen LogP contribution in [0.5, 0.6) is 0 Å². The molecule has 1 aliphatic heterocycles. The van der Waals surface area contributed by atoms with Crippen molar-refractivity contribution in [3.8, 4) is 0 Å². The van der Waals surface area contributed by atoms with Gasteiger partial charge < -0.3 is 0 Å². The predicted molar refractivity (Wildman–Crippen MR) is 61.8 cm³/mol. The summed E-state index contributed by atoms with van der Waals surface area (Å²) in [5.74, 6) is 0. The van der Waals surface area contributed by atoms with Gasteiger partial charge in [-0.2, -0.15) is 17.0 Å². The Morgan fingerprint density at radius 3 is 1.47 bits per heavy atom. The standard InChI is InChI=1S/C10H22N2O2S/c1-9(2)11-7-5-6-8-12(10(3)4)15(11,13)14/h9-10H,5-8H2,1-4H3. The molecule has 1 saturated heterocycles. The summed E-state index contributed by atoms with van der Waals surface area (Å²) in [6.45, 7) is 9.04. The first-order chi connectivity index (χ1) is 6.87. The maximum atomic E-state index is 12.3. The van der Waals surface area contributed by atoms with Crippen LogP contribution in [0, 0.1) is 0 Å². The molecule has 1 aliphatic rings. The summed E-state index contributed by atoms with van der Waals surface area (Å²) in [6, 6.07) is 0.101. The molecule has 1 rings (SSSR count). The van der Waals surface area contributed by atoms with Crippen LogP contribution in [-0.4, -0.2) is 42.2 Å². The summed E-state index contributed by atoms with van der Waals surface area (Å²) in [4.78, 5) is 0. The maximum absolute atomic E-state index is 12.3. The summed E-state index contributed by atoms with van der Waals surface area (Å²) < 4.78 is 27.8. The van der Waals surface area contributed by atoms with Crippen molar-refractivity contribution in [2.24, 2.45) is 0 Å². The van der Waals surface area contributed by atoms with E-state index in [4.69, 9.17) is 0 Å². The van der Waals surface area contributed by atoms with Gasteiger partial charge in [-0.1, -0.05) is 0 Å². The highest BCUT2D eigenvalue weighted by atomic mass is 32.2. The van der Waals surface area contributed by atoms with Crippen molar-refractivity contribution in [3.63, 3.8) is 0 Å². The van der Waals surface area contributed by atoms with E-state index in [2.05, 4.69) is 0 Å². The second-order valence-electron chi connectivity index (χ2n) is 4.62. The van der Waals surface area contributed by atoms with E-state index in [1.54, 1.807) is 8.61 Å². The minimum atomic E-state index is -3.23. The van der Waals surface area contributed by atoms with E-state index in [0.717, 1.165) is 12.8 Å². The molecule has 0 saturated carbocycles. The van der Waals surface area contributed by atoms with E-state index in [1.165, 1.54) is 0 Å². The lowest BCUT2D eigenvalue weighted by atomic mass is 10.2. The summed E-state index contributed by atoms with van der Waals surface area (Å²) in [5.41, 5.74) is 0. The van der Waals surface area contributed by atoms with Crippen molar-refractivity contribution in [3.05, 3.63) is 0 Å². The summed E-state index contributed by atoms with van der Waals surface area (Å²) in [6.07, 6.45) is 1.92. The van der Waals surface area contributed by atoms with Crippen molar-refractivity contribution in [2.75, 3.05) is 13.1 Å². The molecular formula is C10H22N2O2S. The fourth-order valence-electron chi connectivity index (χ4n) is 1.95. The number of hydrogen-bond donors (Lipinski definition) is 0. The third kappa shape index (κ3) is 2.71. The van der Waals surface area contributed by atoms with Gasteiger partial charge in [0.1, 0.15) is 0 Å². The molecule has 0 unspecified atom stereocenters. The van der Waals surface area contributed by atoms with Gasteiger partial charge in [-0.05, 0) is 40.5 Å². The monoisotopic (exact) mass is 234 g/mol. The Hall–Kier alpha value is -0.130. The van der Waals surface area contributed by atoms with Crippen LogP contribution in [0.15, 0.2) is 0 Å². The molecule has 0 amide bonds. The molecule has 1 fully saturated rings. The van der Waals surface area contributed by atoms with Gasteiger partial charge in [-0.15, -0.1) is 0 Å². The third-order valence-corrected chi connectivity index (χ3v) is 5.15. The average molecular weight is 234 g/mol. The Bertz CT molecular complexity index is 275. The SMILES string of the molecule is CC(C)N1CCCCN(C(C)C)S1(=O)=O. The van der Waals surface area contributed by atoms with E-state index in [9.17, 15) is 8.42 Å². The topological polar surface area (TPSA) is 40.6 Å². The van der Waals surface area contributed by atoms with Crippen molar-refractivity contribution in [1.29, 1.82) is 0 Å². The summed E-state index contributed by atoms with van der Waals surface area (Å²) in [7, 11) is -3.23. The molecule has 15 heavy (non-hydrogen) atoms. The van der Waals surface area contributed by atoms with Gasteiger partial charge in [0.2, 0.25) is 0 Å². The fourth-order valence-corrected chi connectivity index (χ4v) is 4.00. The smallest absolute Gasteiger partial charge is 0.195 e. The Morgan fingerprint density at radius 1 is 0.867 bits per heavy atom. The van der Waals surface area contributed by atoms with Crippen molar-refractivity contribution in [1.82, 2.24) is 8.61 Å². The number of hydrogen-bond acceptors (Lipinski definition) is 2. The summed E-state index contributed by atoms with van der Waals surface area (Å²) >= 11 is 0. The molecule has 0 aromatic rings. The van der Waals surface area contributed by atoms with Crippen LogP contribution >= 0.6 is 0 Å². The molecule has 0 N–H and O–H groups in total. The van der Waals surface area contributed by atoms with Gasteiger partial charge >= 0.3 is 0 Å². The lowest BCUT2D eigenvalue weighted by Crippen LogP contribution is -2.48. The zero-order valence-corrected chi connectivity index (χ0v) is 10.9. The van der Waals surface area contributed by atoms with E-state index in [-0.39, 0.29) is 12.1 Å². The normalized spacial score (nSPS) is 24.7. The van der Waals surface area contributed by atoms with Gasteiger partial charge in [0.05, 0.1) is 0 Å². The summed E-state index contributed by atoms with van der Waals surface area (Å²) in [5, 5.41) is 0. The highest BCUT2D eigenvalue weighted by Gasteiger charge is 2.34. The molecule has 0 aromatic heterocycles. The molecule has 0 spiro atoms. The second kappa shape index (κ2) is 4.80. The first kappa shape index (κ1) is 12.9. The van der Waals surface area contributed by atoms with E-state index in [1.807, 2.05) is 27.7 Å². The average Bonchev–Trinajstić information content (AvgIpc) is 2.22. The lowest BCUT2D eigenvalue weighted by molar-refractivity contribution is 0.307. The van der Waals surface area contributed by atoms with Crippen LogP contribution in [-0.2, 0) is 10.2 Å². The van der Waals surface area contributed by atoms with Crippen LogP contribution in [0.4, 0.5) is 0 Å². The van der Waals surface area contributed by atoms with E-state index < -0.39 is 10.2 Å². The molecule has 5 heteroatoms. The van der Waals surface area contributed by atoms with Crippen LogP contribution < -0.4 is 0 Å². The van der Waals surface area contributed by atoms with Crippen LogP contribution in [0.2, 0.25) is 0 Å². The Labute approximate surface area is 93.4 Å². The lowest BCUT2D eigenvalue weighted by Gasteiger charge is -2.31. The van der Waals surface area contributed by atoms with Crippen LogP contribution in [0.3, 0.4) is 0 Å². The van der Waals surface area contributed by atoms with Crippen molar-refractivity contribution in [2.45, 2.75) is 52.6 Å². The Balaban J connectivity index is 3.01. The molecular weight excluding hydrogens is 212 g/mol. The molecule has 0 aromatic carbocycles. The molecule has 0 atom stereocenters. The Morgan fingerprint density at radius 2 is 1.20 bits per heavy atom. The zero-order valence-electron chi connectivity index (χ0n) is 10.1. The van der Waals surface area contributed by atoms with E-state index >= 15 is 0 Å². The van der Waals surface area contributed by atoms with Crippen LogP contribution in [0.1, 0.15) is 40.5 Å². The molecule has 0 radical (unpaired) electrons. The molecule has 4 nitrogen and oxygen atoms in total. The van der Waals surface area contributed by atoms with Crippen molar-refractivity contribution >= 4 is 10.2 Å². The quantitative estimate of drug-likeness (QED) is 0.725. The Kier molecular flexibility index (Phi) is 4.14. The zero-order chi connectivity index (χ0) is 11.6. The van der Waals surface area contributed by atoms with Gasteiger partial charge in [-0.25, -0.2) is 0 Å². The minimum Gasteiger partial charge on any atom is -0.195 e. The molecule has 0 aliphatic carbocycles. The molecule has 0 bridgehead atoms. The number of nitrogens with zero attached hydrogens (tertiary/aromatic N) is 2. The van der Waals surface area contributed by atoms with Crippen LogP contribution in [0.25, 0.3) is 0 Å². The van der Waals surface area contributed by atoms with Gasteiger partial charge in [0, 0.05) is 25.2 Å². The molecule has 90 valence electrons. The predicted octanol–water partition coefficient (Wildman–Crippen LogP) is 1.45. The second-order valence-corrected chi connectivity index (χ2v) is 6.46. The van der Waals surface area contributed by atoms with E-state index in [0.29, 0.717) is 13.1 Å². The highest BCUT2D eigenvalue weighted by Crippen LogP contribution is 2.20. The first-order valence-electron chi connectivity index (χ1n) is 5.66.